The van der Waals surface area contributed by atoms with E-state index in [4.69, 9.17) is 15.2 Å². The van der Waals surface area contributed by atoms with Gasteiger partial charge in [-0.3, -0.25) is 0 Å². The molecule has 0 aliphatic carbocycles. The van der Waals surface area contributed by atoms with Gasteiger partial charge in [0, 0.05) is 13.1 Å². The summed E-state index contributed by atoms with van der Waals surface area (Å²) in [4.78, 5) is 13.3. The molecule has 0 bridgehead atoms. The predicted molar refractivity (Wildman–Crippen MR) is 62.6 cm³/mol. The normalized spacial score (nSPS) is 23.4. The molecule has 0 spiro atoms. The molecule has 1 unspecified atom stereocenters. The molecule has 0 radical (unpaired) electrons. The van der Waals surface area contributed by atoms with Crippen LogP contribution in [0.15, 0.2) is 0 Å². The van der Waals surface area contributed by atoms with Gasteiger partial charge in [0.2, 0.25) is 0 Å². The molecule has 0 aromatic rings. The smallest absolute Gasteiger partial charge is 0.410 e. The number of carbonyl (C=O) groups excluding carboxylic acids is 1. The Kier molecular flexibility index (Phi) is 4.73. The SMILES string of the molecule is CC(C)(C)OC(=O)N1CCOC([C@H](O)CN)C1. The number of nitrogens with zero attached hydrogens (tertiary/aromatic N) is 1. The van der Waals surface area contributed by atoms with Gasteiger partial charge in [-0.25, -0.2) is 4.79 Å². The number of rotatable bonds is 2. The Hall–Kier alpha value is -0.850. The lowest BCUT2D eigenvalue weighted by atomic mass is 10.1. The number of ether oxygens (including phenoxy) is 2. The molecule has 6 nitrogen and oxygen atoms in total. The Morgan fingerprint density at radius 2 is 2.29 bits per heavy atom. The molecule has 6 heteroatoms. The number of morpholine rings is 1. The van der Waals surface area contributed by atoms with E-state index in [-0.39, 0.29) is 12.6 Å². The molecular formula is C11H22N2O4. The Labute approximate surface area is 102 Å². The van der Waals surface area contributed by atoms with Crippen LogP contribution in [0.5, 0.6) is 0 Å². The topological polar surface area (TPSA) is 85.0 Å². The molecule has 100 valence electrons. The molecule has 0 aromatic heterocycles. The van der Waals surface area contributed by atoms with Gasteiger partial charge < -0.3 is 25.2 Å². The zero-order valence-electron chi connectivity index (χ0n) is 10.7. The molecule has 1 aliphatic heterocycles. The van der Waals surface area contributed by atoms with Crippen LogP contribution in [-0.4, -0.2) is 60.1 Å². The molecule has 1 heterocycles. The van der Waals surface area contributed by atoms with Gasteiger partial charge in [0.05, 0.1) is 19.3 Å². The van der Waals surface area contributed by atoms with Crippen molar-refractivity contribution < 1.29 is 19.4 Å². The van der Waals surface area contributed by atoms with Gasteiger partial charge in [-0.05, 0) is 20.8 Å². The first-order valence-corrected chi connectivity index (χ1v) is 5.81. The molecule has 0 saturated carbocycles. The quantitative estimate of drug-likeness (QED) is 0.713. The highest BCUT2D eigenvalue weighted by atomic mass is 16.6. The van der Waals surface area contributed by atoms with Crippen molar-refractivity contribution in [2.75, 3.05) is 26.2 Å². The zero-order valence-corrected chi connectivity index (χ0v) is 10.7. The summed E-state index contributed by atoms with van der Waals surface area (Å²) in [5.74, 6) is 0. The fourth-order valence-electron chi connectivity index (χ4n) is 1.55. The van der Waals surface area contributed by atoms with Crippen molar-refractivity contribution >= 4 is 6.09 Å². The van der Waals surface area contributed by atoms with Crippen LogP contribution in [0.1, 0.15) is 20.8 Å². The average molecular weight is 246 g/mol. The second kappa shape index (κ2) is 5.66. The third-order valence-corrected chi connectivity index (χ3v) is 2.42. The van der Waals surface area contributed by atoms with Crippen LogP contribution in [0.4, 0.5) is 4.79 Å². The van der Waals surface area contributed by atoms with Gasteiger partial charge in [-0.1, -0.05) is 0 Å². The monoisotopic (exact) mass is 246 g/mol. The minimum atomic E-state index is -0.750. The van der Waals surface area contributed by atoms with Crippen LogP contribution in [0, 0.1) is 0 Å². The minimum Gasteiger partial charge on any atom is -0.444 e. The van der Waals surface area contributed by atoms with E-state index in [1.165, 1.54) is 4.90 Å². The van der Waals surface area contributed by atoms with Gasteiger partial charge in [-0.2, -0.15) is 0 Å². The third-order valence-electron chi connectivity index (χ3n) is 2.42. The van der Waals surface area contributed by atoms with E-state index in [1.807, 2.05) is 20.8 Å². The van der Waals surface area contributed by atoms with Gasteiger partial charge in [0.25, 0.3) is 0 Å². The summed E-state index contributed by atoms with van der Waals surface area (Å²) in [7, 11) is 0. The number of aliphatic hydroxyl groups is 1. The summed E-state index contributed by atoms with van der Waals surface area (Å²) in [6.45, 7) is 6.75. The summed E-state index contributed by atoms with van der Waals surface area (Å²) in [6.07, 6.45) is -1.56. The number of hydrogen-bond donors (Lipinski definition) is 2. The van der Waals surface area contributed by atoms with Crippen molar-refractivity contribution in [3.05, 3.63) is 0 Å². The average Bonchev–Trinajstić information content (AvgIpc) is 2.26. The standard InChI is InChI=1S/C11H22N2O4/c1-11(2,3)17-10(15)13-4-5-16-9(7-13)8(14)6-12/h8-9,14H,4-7,12H2,1-3H3/t8-,9?/m1/s1. The Morgan fingerprint density at radius 3 is 2.82 bits per heavy atom. The lowest BCUT2D eigenvalue weighted by Crippen LogP contribution is -2.52. The van der Waals surface area contributed by atoms with Crippen molar-refractivity contribution in [2.45, 2.75) is 38.6 Å². The highest BCUT2D eigenvalue weighted by Gasteiger charge is 2.31. The van der Waals surface area contributed by atoms with E-state index in [2.05, 4.69) is 0 Å². The van der Waals surface area contributed by atoms with Gasteiger partial charge >= 0.3 is 6.09 Å². The lowest BCUT2D eigenvalue weighted by molar-refractivity contribution is -0.0864. The van der Waals surface area contributed by atoms with Gasteiger partial charge in [-0.15, -0.1) is 0 Å². The fourth-order valence-corrected chi connectivity index (χ4v) is 1.55. The maximum atomic E-state index is 11.8. The first kappa shape index (κ1) is 14.2. The largest absolute Gasteiger partial charge is 0.444 e. The van der Waals surface area contributed by atoms with Crippen molar-refractivity contribution in [3.8, 4) is 0 Å². The van der Waals surface area contributed by atoms with E-state index in [9.17, 15) is 9.90 Å². The van der Waals surface area contributed by atoms with Crippen molar-refractivity contribution in [2.24, 2.45) is 5.73 Å². The van der Waals surface area contributed by atoms with E-state index < -0.39 is 17.8 Å². The predicted octanol–water partition coefficient (Wildman–Crippen LogP) is -0.0581. The lowest BCUT2D eigenvalue weighted by Gasteiger charge is -2.35. The van der Waals surface area contributed by atoms with Crippen LogP contribution in [0.25, 0.3) is 0 Å². The molecule has 0 aromatic carbocycles. The Balaban J connectivity index is 2.52. The van der Waals surface area contributed by atoms with Crippen LogP contribution >= 0.6 is 0 Å². The molecule has 1 aliphatic rings. The minimum absolute atomic E-state index is 0.118. The van der Waals surface area contributed by atoms with Crippen LogP contribution in [-0.2, 0) is 9.47 Å². The molecule has 17 heavy (non-hydrogen) atoms. The molecular weight excluding hydrogens is 224 g/mol. The van der Waals surface area contributed by atoms with Gasteiger partial charge in [0.15, 0.2) is 0 Å². The Morgan fingerprint density at radius 1 is 1.65 bits per heavy atom. The second-order valence-corrected chi connectivity index (χ2v) is 5.14. The number of amides is 1. The first-order valence-electron chi connectivity index (χ1n) is 5.81. The number of aliphatic hydroxyl groups excluding tert-OH is 1. The van der Waals surface area contributed by atoms with Crippen LogP contribution in [0.3, 0.4) is 0 Å². The summed E-state index contributed by atoms with van der Waals surface area (Å²) in [6, 6.07) is 0. The molecule has 1 fully saturated rings. The molecule has 1 amide bonds. The van der Waals surface area contributed by atoms with E-state index >= 15 is 0 Å². The summed E-state index contributed by atoms with van der Waals surface area (Å²) < 4.78 is 10.6. The zero-order chi connectivity index (χ0) is 13.1. The van der Waals surface area contributed by atoms with Crippen molar-refractivity contribution in [1.82, 2.24) is 4.90 Å². The van der Waals surface area contributed by atoms with E-state index in [1.54, 1.807) is 0 Å². The molecule has 3 N–H and O–H groups in total. The second-order valence-electron chi connectivity index (χ2n) is 5.14. The molecule has 2 atom stereocenters. The fraction of sp³-hybridized carbons (Fsp3) is 0.909. The van der Waals surface area contributed by atoms with E-state index in [0.717, 1.165) is 0 Å². The molecule has 1 saturated heterocycles. The van der Waals surface area contributed by atoms with Gasteiger partial charge in [0.1, 0.15) is 11.7 Å². The Bertz CT molecular complexity index is 265. The highest BCUT2D eigenvalue weighted by molar-refractivity contribution is 5.68. The van der Waals surface area contributed by atoms with E-state index in [0.29, 0.717) is 19.7 Å². The van der Waals surface area contributed by atoms with Crippen molar-refractivity contribution in [3.63, 3.8) is 0 Å². The third kappa shape index (κ3) is 4.49. The first-order chi connectivity index (χ1) is 7.83. The highest BCUT2D eigenvalue weighted by Crippen LogP contribution is 2.14. The van der Waals surface area contributed by atoms with Crippen LogP contribution in [0.2, 0.25) is 0 Å². The van der Waals surface area contributed by atoms with Crippen molar-refractivity contribution in [1.29, 1.82) is 0 Å². The maximum absolute atomic E-state index is 11.8. The summed E-state index contributed by atoms with van der Waals surface area (Å²) in [5, 5.41) is 9.59. The summed E-state index contributed by atoms with van der Waals surface area (Å²) in [5.41, 5.74) is 4.84. The van der Waals surface area contributed by atoms with Crippen LogP contribution < -0.4 is 5.73 Å². The number of hydrogen-bond acceptors (Lipinski definition) is 5. The maximum Gasteiger partial charge on any atom is 0.410 e. The summed E-state index contributed by atoms with van der Waals surface area (Å²) >= 11 is 0. The molecule has 1 rings (SSSR count). The number of nitrogens with two attached hydrogens (primary N) is 1. The number of carbonyl (C=O) groups is 1.